The Kier molecular flexibility index (Phi) is 8.89. The van der Waals surface area contributed by atoms with Crippen LogP contribution in [0.5, 0.6) is 0 Å². The van der Waals surface area contributed by atoms with Crippen LogP contribution in [0.1, 0.15) is 79.4 Å². The van der Waals surface area contributed by atoms with Crippen LogP contribution in [0.3, 0.4) is 0 Å². The first kappa shape index (κ1) is 26.3. The minimum absolute atomic E-state index is 0.0195. The number of nitrogens with zero attached hydrogens (tertiary/aromatic N) is 3. The zero-order valence-corrected chi connectivity index (χ0v) is 22.6. The number of hydrogen-bond acceptors (Lipinski definition) is 6. The molecule has 2 aliphatic carbocycles. The van der Waals surface area contributed by atoms with Crippen LogP contribution in [-0.2, 0) is 11.3 Å². The van der Waals surface area contributed by atoms with Crippen LogP contribution < -0.4 is 11.1 Å². The Morgan fingerprint density at radius 2 is 1.89 bits per heavy atom. The number of aromatic nitrogens is 1. The molecule has 1 saturated heterocycles. The molecule has 2 aromatic heterocycles. The van der Waals surface area contributed by atoms with Crippen molar-refractivity contribution in [3.8, 4) is 0 Å². The van der Waals surface area contributed by atoms with Gasteiger partial charge in [-0.3, -0.25) is 19.5 Å². The van der Waals surface area contributed by atoms with Crippen molar-refractivity contribution in [1.29, 1.82) is 0 Å². The summed E-state index contributed by atoms with van der Waals surface area (Å²) < 4.78 is 0. The van der Waals surface area contributed by atoms with E-state index in [1.54, 1.807) is 35.9 Å². The van der Waals surface area contributed by atoms with Gasteiger partial charge in [0.2, 0.25) is 5.91 Å². The number of thiophene rings is 1. The molecule has 2 saturated carbocycles. The molecule has 3 fully saturated rings. The second-order valence-electron chi connectivity index (χ2n) is 11.2. The number of rotatable bonds is 8. The average molecular weight is 524 g/mol. The van der Waals surface area contributed by atoms with Gasteiger partial charge in [-0.1, -0.05) is 25.3 Å². The topological polar surface area (TPSA) is 91.6 Å². The quantitative estimate of drug-likeness (QED) is 0.541. The third-order valence-electron chi connectivity index (χ3n) is 8.54. The highest BCUT2D eigenvalue weighted by atomic mass is 32.1. The third kappa shape index (κ3) is 6.78. The lowest BCUT2D eigenvalue weighted by molar-refractivity contribution is -0.125. The van der Waals surface area contributed by atoms with Crippen molar-refractivity contribution in [2.24, 2.45) is 11.7 Å². The van der Waals surface area contributed by atoms with Crippen LogP contribution >= 0.6 is 11.3 Å². The number of carbonyl (C=O) groups excluding carboxylic acids is 2. The Balaban J connectivity index is 1.35. The highest BCUT2D eigenvalue weighted by molar-refractivity contribution is 7.09. The van der Waals surface area contributed by atoms with E-state index < -0.39 is 6.04 Å². The predicted octanol–water partition coefficient (Wildman–Crippen LogP) is 4.19. The van der Waals surface area contributed by atoms with E-state index in [2.05, 4.69) is 32.7 Å². The summed E-state index contributed by atoms with van der Waals surface area (Å²) in [5, 5.41) is 5.42. The molecule has 0 radical (unpaired) electrons. The third-order valence-corrected chi connectivity index (χ3v) is 9.40. The highest BCUT2D eigenvalue weighted by Gasteiger charge is 2.43. The van der Waals surface area contributed by atoms with E-state index in [4.69, 9.17) is 5.73 Å². The number of nitrogens with one attached hydrogen (secondary N) is 1. The summed E-state index contributed by atoms with van der Waals surface area (Å²) in [7, 11) is 0. The first-order valence-electron chi connectivity index (χ1n) is 14.1. The molecule has 0 spiro atoms. The summed E-state index contributed by atoms with van der Waals surface area (Å²) in [6.45, 7) is 2.48. The minimum Gasteiger partial charge on any atom is -0.352 e. The molecule has 200 valence electrons. The summed E-state index contributed by atoms with van der Waals surface area (Å²) >= 11 is 1.79. The standard InChI is InChI=1S/C29H41N5O2S/c30-23-10-12-24(13-11-23)32-28(35)27-16-25(19-34(27)29(36)22-8-4-14-31-17-22)33(20-26-9-5-15-37-26)18-21-6-2-1-3-7-21/h4-5,8-9,14-15,17,21,23-25,27H,1-3,6-7,10-13,16,18-20,30H2,(H,32,35). The van der Waals surface area contributed by atoms with Gasteiger partial charge in [0.15, 0.2) is 0 Å². The van der Waals surface area contributed by atoms with E-state index in [1.807, 2.05) is 4.90 Å². The largest absolute Gasteiger partial charge is 0.352 e. The maximum atomic E-state index is 13.6. The second kappa shape index (κ2) is 12.5. The average Bonchev–Trinajstić information content (AvgIpc) is 3.61. The Morgan fingerprint density at radius 1 is 1.08 bits per heavy atom. The Hall–Kier alpha value is -2.29. The van der Waals surface area contributed by atoms with Crippen LogP contribution in [0.25, 0.3) is 0 Å². The van der Waals surface area contributed by atoms with Gasteiger partial charge >= 0.3 is 0 Å². The van der Waals surface area contributed by atoms with Crippen molar-refractivity contribution >= 4 is 23.2 Å². The van der Waals surface area contributed by atoms with Crippen LogP contribution in [0.15, 0.2) is 42.0 Å². The van der Waals surface area contributed by atoms with Crippen LogP contribution in [0.2, 0.25) is 0 Å². The molecule has 2 atom stereocenters. The van der Waals surface area contributed by atoms with Gasteiger partial charge in [-0.2, -0.15) is 0 Å². The van der Waals surface area contributed by atoms with Crippen molar-refractivity contribution in [3.05, 3.63) is 52.5 Å². The summed E-state index contributed by atoms with van der Waals surface area (Å²) in [5.74, 6) is 0.569. The Labute approximate surface area is 224 Å². The molecule has 0 bridgehead atoms. The van der Waals surface area contributed by atoms with Crippen molar-refractivity contribution in [2.75, 3.05) is 13.1 Å². The van der Waals surface area contributed by atoms with Crippen LogP contribution in [0, 0.1) is 5.92 Å². The lowest BCUT2D eigenvalue weighted by Crippen LogP contribution is -2.50. The zero-order chi connectivity index (χ0) is 25.6. The summed E-state index contributed by atoms with van der Waals surface area (Å²) in [5.41, 5.74) is 6.63. The molecule has 0 aromatic carbocycles. The van der Waals surface area contributed by atoms with Gasteiger partial charge in [0.1, 0.15) is 6.04 Å². The molecule has 5 rings (SSSR count). The molecule has 3 N–H and O–H groups in total. The molecule has 2 amide bonds. The van der Waals surface area contributed by atoms with E-state index >= 15 is 0 Å². The van der Waals surface area contributed by atoms with Crippen LogP contribution in [-0.4, -0.2) is 63.9 Å². The van der Waals surface area contributed by atoms with E-state index in [0.29, 0.717) is 24.4 Å². The number of carbonyl (C=O) groups is 2. The van der Waals surface area contributed by atoms with Crippen LogP contribution in [0.4, 0.5) is 0 Å². The van der Waals surface area contributed by atoms with Gasteiger partial charge in [0, 0.05) is 55.0 Å². The van der Waals surface area contributed by atoms with Gasteiger partial charge in [-0.15, -0.1) is 11.3 Å². The molecule has 2 unspecified atom stereocenters. The predicted molar refractivity (Wildman–Crippen MR) is 147 cm³/mol. The fourth-order valence-corrected chi connectivity index (χ4v) is 7.14. The number of nitrogens with two attached hydrogens (primary N) is 1. The number of hydrogen-bond donors (Lipinski definition) is 2. The minimum atomic E-state index is -0.467. The monoisotopic (exact) mass is 523 g/mol. The Bertz CT molecular complexity index is 1000. The van der Waals surface area contributed by atoms with E-state index in [0.717, 1.165) is 38.8 Å². The van der Waals surface area contributed by atoms with Gasteiger partial charge in [-0.05, 0) is 74.4 Å². The van der Waals surface area contributed by atoms with Gasteiger partial charge < -0.3 is 16.0 Å². The van der Waals surface area contributed by atoms with Crippen molar-refractivity contribution < 1.29 is 9.59 Å². The lowest BCUT2D eigenvalue weighted by Gasteiger charge is -2.33. The summed E-state index contributed by atoms with van der Waals surface area (Å²) in [6, 6.07) is 7.95. The lowest BCUT2D eigenvalue weighted by atomic mass is 9.88. The van der Waals surface area contributed by atoms with E-state index in [-0.39, 0.29) is 29.9 Å². The second-order valence-corrected chi connectivity index (χ2v) is 12.3. The first-order chi connectivity index (χ1) is 18.1. The van der Waals surface area contributed by atoms with E-state index in [1.165, 1.54) is 37.0 Å². The normalized spacial score (nSPS) is 26.9. The van der Waals surface area contributed by atoms with Gasteiger partial charge in [0.05, 0.1) is 5.56 Å². The fourth-order valence-electron chi connectivity index (χ4n) is 6.41. The Morgan fingerprint density at radius 3 is 2.59 bits per heavy atom. The SMILES string of the molecule is NC1CCC(NC(=O)C2CC(N(Cc3cccs3)CC3CCCCC3)CN2C(=O)c2cccnc2)CC1. The summed E-state index contributed by atoms with van der Waals surface area (Å²) in [4.78, 5) is 37.2. The molecule has 3 aliphatic rings. The molecule has 1 aliphatic heterocycles. The molecule has 8 heteroatoms. The van der Waals surface area contributed by atoms with Gasteiger partial charge in [0.25, 0.3) is 5.91 Å². The van der Waals surface area contributed by atoms with Gasteiger partial charge in [-0.25, -0.2) is 0 Å². The maximum Gasteiger partial charge on any atom is 0.256 e. The number of amides is 2. The zero-order valence-electron chi connectivity index (χ0n) is 21.8. The molecule has 7 nitrogen and oxygen atoms in total. The van der Waals surface area contributed by atoms with Crippen molar-refractivity contribution in [2.45, 2.75) is 94.9 Å². The number of pyridine rings is 1. The van der Waals surface area contributed by atoms with E-state index in [9.17, 15) is 9.59 Å². The molecular weight excluding hydrogens is 482 g/mol. The number of likely N-dealkylation sites (tertiary alicyclic amines) is 1. The van der Waals surface area contributed by atoms with Crippen molar-refractivity contribution in [3.63, 3.8) is 0 Å². The molecule has 2 aromatic rings. The summed E-state index contributed by atoms with van der Waals surface area (Å²) in [6.07, 6.45) is 14.2. The highest BCUT2D eigenvalue weighted by Crippen LogP contribution is 2.31. The maximum absolute atomic E-state index is 13.6. The first-order valence-corrected chi connectivity index (χ1v) is 15.0. The molecule has 37 heavy (non-hydrogen) atoms. The molecular formula is C29H41N5O2S. The van der Waals surface area contributed by atoms with Crippen molar-refractivity contribution in [1.82, 2.24) is 20.1 Å². The smallest absolute Gasteiger partial charge is 0.256 e. The fraction of sp³-hybridized carbons (Fsp3) is 0.621. The molecule has 3 heterocycles.